The third kappa shape index (κ3) is 3.72. The topological polar surface area (TPSA) is 22.1 Å². The zero-order valence-electron chi connectivity index (χ0n) is 23.3. The summed E-state index contributed by atoms with van der Waals surface area (Å²) < 4.78 is 6.96. The fraction of sp³-hybridized carbons (Fsp3) is 0.361. The van der Waals surface area contributed by atoms with Crippen molar-refractivity contribution in [2.45, 2.75) is 72.6 Å². The Kier molecular flexibility index (Phi) is 5.34. The van der Waals surface area contributed by atoms with Gasteiger partial charge in [0.25, 0.3) is 0 Å². The van der Waals surface area contributed by atoms with E-state index in [4.69, 9.17) is 9.72 Å². The average molecular weight is 500 g/mol. The van der Waals surface area contributed by atoms with Crippen LogP contribution in [0, 0.1) is 18.3 Å². The van der Waals surface area contributed by atoms with Crippen LogP contribution in [0.5, 0.6) is 11.5 Å². The number of hydrogen-bond donors (Lipinski definition) is 0. The number of rotatable bonds is 3. The van der Waals surface area contributed by atoms with Crippen LogP contribution in [0.2, 0.25) is 0 Å². The van der Waals surface area contributed by atoms with E-state index in [2.05, 4.69) is 89.2 Å². The van der Waals surface area contributed by atoms with Crippen LogP contribution in [0.15, 0.2) is 60.8 Å². The molecule has 0 bridgehead atoms. The first kappa shape index (κ1) is 23.7. The molecule has 1 saturated carbocycles. The second-order valence-electron chi connectivity index (χ2n) is 13.0. The highest BCUT2D eigenvalue weighted by molar-refractivity contribution is 6.17. The van der Waals surface area contributed by atoms with Gasteiger partial charge in [-0.1, -0.05) is 69.7 Å². The van der Waals surface area contributed by atoms with Gasteiger partial charge in [0.1, 0.15) is 11.5 Å². The van der Waals surface area contributed by atoms with E-state index in [-0.39, 0.29) is 0 Å². The maximum atomic E-state index is 6.96. The van der Waals surface area contributed by atoms with E-state index in [0.29, 0.717) is 17.3 Å². The first-order valence-corrected chi connectivity index (χ1v) is 14.4. The van der Waals surface area contributed by atoms with Gasteiger partial charge in [0.2, 0.25) is 0 Å². The molecule has 7 rings (SSSR count). The van der Waals surface area contributed by atoms with E-state index < -0.39 is 0 Å². The van der Waals surface area contributed by atoms with Crippen LogP contribution in [0.1, 0.15) is 76.0 Å². The lowest BCUT2D eigenvalue weighted by molar-refractivity contribution is 0.225. The molecular formula is C36H37NO. The molecule has 1 aliphatic carbocycles. The summed E-state index contributed by atoms with van der Waals surface area (Å²) in [5, 5.41) is 7.64. The molecule has 0 atom stereocenters. The Hall–Kier alpha value is -3.39. The highest BCUT2D eigenvalue weighted by atomic mass is 16.5. The third-order valence-corrected chi connectivity index (χ3v) is 9.11. The molecule has 5 aromatic rings. The summed E-state index contributed by atoms with van der Waals surface area (Å²) in [6.45, 7) is 11.6. The number of aromatic nitrogens is 1. The molecule has 38 heavy (non-hydrogen) atoms. The second-order valence-corrected chi connectivity index (χ2v) is 13.0. The lowest BCUT2D eigenvalue weighted by Gasteiger charge is -2.35. The summed E-state index contributed by atoms with van der Waals surface area (Å²) in [4.78, 5) is 4.98. The van der Waals surface area contributed by atoms with Crippen LogP contribution in [0.25, 0.3) is 43.6 Å². The van der Waals surface area contributed by atoms with Gasteiger partial charge in [-0.3, -0.25) is 4.98 Å². The first-order chi connectivity index (χ1) is 18.3. The maximum Gasteiger partial charge on any atom is 0.140 e. The van der Waals surface area contributed by atoms with Gasteiger partial charge in [0.15, 0.2) is 0 Å². The monoisotopic (exact) mass is 499 g/mol. The van der Waals surface area contributed by atoms with Crippen LogP contribution in [-0.4, -0.2) is 4.98 Å². The number of ether oxygens (including phenoxy) is 1. The Morgan fingerprint density at radius 2 is 1.74 bits per heavy atom. The third-order valence-electron chi connectivity index (χ3n) is 9.11. The zero-order chi connectivity index (χ0) is 26.2. The van der Waals surface area contributed by atoms with Gasteiger partial charge in [0.05, 0.1) is 11.1 Å². The van der Waals surface area contributed by atoms with E-state index in [9.17, 15) is 0 Å². The summed E-state index contributed by atoms with van der Waals surface area (Å²) in [5.41, 5.74) is 6.71. The summed E-state index contributed by atoms with van der Waals surface area (Å²) in [6.07, 6.45) is 8.07. The quantitative estimate of drug-likeness (QED) is 0.226. The SMILES string of the molecule is Cc1ccc2c(CC(C)C)c3c(cc2c1)-c1nccc2c1c(cc1c(C4CCC(C)(C)CC4)cccc12)O3. The molecule has 0 saturated heterocycles. The van der Waals surface area contributed by atoms with Crippen molar-refractivity contribution in [1.82, 2.24) is 4.98 Å². The van der Waals surface area contributed by atoms with E-state index in [1.54, 1.807) is 0 Å². The summed E-state index contributed by atoms with van der Waals surface area (Å²) in [6, 6.07) is 20.5. The lowest BCUT2D eigenvalue weighted by atomic mass is 9.70. The van der Waals surface area contributed by atoms with E-state index >= 15 is 0 Å². The van der Waals surface area contributed by atoms with Gasteiger partial charge in [-0.2, -0.15) is 0 Å². The highest BCUT2D eigenvalue weighted by Crippen LogP contribution is 2.52. The number of aryl methyl sites for hydroxylation is 1. The molecule has 1 fully saturated rings. The van der Waals surface area contributed by atoms with Gasteiger partial charge >= 0.3 is 0 Å². The number of benzene rings is 4. The van der Waals surface area contributed by atoms with Crippen molar-refractivity contribution < 1.29 is 4.74 Å². The van der Waals surface area contributed by atoms with Crippen molar-refractivity contribution in [3.8, 4) is 22.8 Å². The van der Waals surface area contributed by atoms with Gasteiger partial charge in [-0.25, -0.2) is 0 Å². The van der Waals surface area contributed by atoms with Gasteiger partial charge in [-0.15, -0.1) is 0 Å². The Bertz CT molecular complexity index is 1730. The molecule has 0 unspecified atom stereocenters. The fourth-order valence-electron chi connectivity index (χ4n) is 7.06. The van der Waals surface area contributed by atoms with Crippen LogP contribution in [-0.2, 0) is 6.42 Å². The van der Waals surface area contributed by atoms with Crippen LogP contribution in [0.4, 0.5) is 0 Å². The largest absolute Gasteiger partial charge is 0.456 e. The normalized spacial score (nSPS) is 16.8. The van der Waals surface area contributed by atoms with E-state index in [1.165, 1.54) is 69.3 Å². The Morgan fingerprint density at radius 3 is 2.53 bits per heavy atom. The molecule has 2 heteroatoms. The minimum absolute atomic E-state index is 0.460. The Morgan fingerprint density at radius 1 is 0.921 bits per heavy atom. The van der Waals surface area contributed by atoms with Crippen molar-refractivity contribution in [2.24, 2.45) is 11.3 Å². The van der Waals surface area contributed by atoms with Crippen LogP contribution in [0.3, 0.4) is 0 Å². The molecule has 1 aromatic heterocycles. The van der Waals surface area contributed by atoms with Crippen molar-refractivity contribution in [1.29, 1.82) is 0 Å². The Labute approximate surface area is 226 Å². The number of hydrogen-bond acceptors (Lipinski definition) is 2. The average Bonchev–Trinajstić information content (AvgIpc) is 2.89. The molecule has 4 aromatic carbocycles. The van der Waals surface area contributed by atoms with Crippen molar-refractivity contribution in [3.63, 3.8) is 0 Å². The molecule has 0 N–H and O–H groups in total. The molecule has 2 nitrogen and oxygen atoms in total. The van der Waals surface area contributed by atoms with Crippen molar-refractivity contribution in [2.75, 3.05) is 0 Å². The number of pyridine rings is 1. The van der Waals surface area contributed by atoms with Crippen molar-refractivity contribution in [3.05, 3.63) is 77.5 Å². The zero-order valence-corrected chi connectivity index (χ0v) is 23.3. The molecule has 1 aliphatic heterocycles. The van der Waals surface area contributed by atoms with Gasteiger partial charge in [0, 0.05) is 17.3 Å². The predicted octanol–water partition coefficient (Wildman–Crippen LogP) is 10.5. The number of fused-ring (bicyclic) bond motifs is 5. The smallest absolute Gasteiger partial charge is 0.140 e. The number of nitrogens with zero attached hydrogens (tertiary/aromatic N) is 1. The molecular weight excluding hydrogens is 462 g/mol. The summed E-state index contributed by atoms with van der Waals surface area (Å²) in [5.74, 6) is 3.10. The molecule has 192 valence electrons. The molecule has 0 spiro atoms. The van der Waals surface area contributed by atoms with Crippen LogP contribution < -0.4 is 4.74 Å². The highest BCUT2D eigenvalue weighted by Gasteiger charge is 2.30. The fourth-order valence-corrected chi connectivity index (χ4v) is 7.06. The Balaban J connectivity index is 1.49. The van der Waals surface area contributed by atoms with E-state index in [0.717, 1.165) is 34.6 Å². The van der Waals surface area contributed by atoms with Crippen LogP contribution >= 0.6 is 0 Å². The minimum Gasteiger partial charge on any atom is -0.456 e. The standard InChI is InChI=1S/C36H37NO/c1-21(2)17-30-26-10-9-22(3)18-24(26)19-31-34-33-28(13-16-37-34)27-8-6-7-25(23-11-14-36(4,5)15-12-23)29(27)20-32(33)38-35(30)31/h6-10,13,16,18-21,23H,11-12,14-15,17H2,1-5H3. The van der Waals surface area contributed by atoms with E-state index in [1.807, 2.05) is 6.20 Å². The van der Waals surface area contributed by atoms with Gasteiger partial charge < -0.3 is 4.74 Å². The summed E-state index contributed by atoms with van der Waals surface area (Å²) >= 11 is 0. The van der Waals surface area contributed by atoms with Gasteiger partial charge in [-0.05, 0) is 107 Å². The first-order valence-electron chi connectivity index (χ1n) is 14.4. The molecule has 2 aliphatic rings. The predicted molar refractivity (Wildman–Crippen MR) is 161 cm³/mol. The molecule has 2 heterocycles. The lowest BCUT2D eigenvalue weighted by Crippen LogP contribution is -2.20. The second kappa shape index (κ2) is 8.56. The molecule has 0 amide bonds. The summed E-state index contributed by atoms with van der Waals surface area (Å²) in [7, 11) is 0. The minimum atomic E-state index is 0.460. The maximum absolute atomic E-state index is 6.96. The molecule has 0 radical (unpaired) electrons. The van der Waals surface area contributed by atoms with Crippen molar-refractivity contribution >= 4 is 32.3 Å².